The highest BCUT2D eigenvalue weighted by atomic mass is 16.6. The van der Waals surface area contributed by atoms with Gasteiger partial charge in [0.2, 0.25) is 0 Å². The lowest BCUT2D eigenvalue weighted by molar-refractivity contribution is 0.0856. The highest BCUT2D eigenvalue weighted by molar-refractivity contribution is 5.93. The topological polar surface area (TPSA) is 96.5 Å². The molecule has 0 aromatic carbocycles. The van der Waals surface area contributed by atoms with Crippen molar-refractivity contribution in [3.8, 4) is 0 Å². The summed E-state index contributed by atoms with van der Waals surface area (Å²) < 4.78 is 5.00. The van der Waals surface area contributed by atoms with Gasteiger partial charge in [-0.15, -0.1) is 0 Å². The molecule has 8 heteroatoms. The summed E-state index contributed by atoms with van der Waals surface area (Å²) in [5, 5.41) is 6.18. The van der Waals surface area contributed by atoms with Crippen LogP contribution in [0.1, 0.15) is 49.9 Å². The maximum atomic E-state index is 12.5. The van der Waals surface area contributed by atoms with E-state index in [1.807, 2.05) is 13.8 Å². The molecule has 2 N–H and O–H groups in total. The second-order valence-electron chi connectivity index (χ2n) is 6.42. The van der Waals surface area contributed by atoms with Gasteiger partial charge in [-0.1, -0.05) is 0 Å². The molecule has 1 aliphatic rings. The largest absolute Gasteiger partial charge is 0.450 e. The number of rotatable bonds is 5. The molecule has 2 heterocycles. The Bertz CT molecular complexity index is 612. The van der Waals surface area contributed by atoms with E-state index in [2.05, 4.69) is 20.6 Å². The fourth-order valence-electron chi connectivity index (χ4n) is 2.73. The minimum Gasteiger partial charge on any atom is -0.450 e. The molecule has 0 atom stereocenters. The van der Waals surface area contributed by atoms with Gasteiger partial charge in [-0.2, -0.15) is 0 Å². The first-order chi connectivity index (χ1) is 11.9. The number of nitrogens with zero attached hydrogens (tertiary/aromatic N) is 3. The van der Waals surface area contributed by atoms with Gasteiger partial charge in [-0.05, 0) is 40.5 Å². The van der Waals surface area contributed by atoms with Crippen molar-refractivity contribution in [2.75, 3.05) is 25.0 Å². The molecule has 1 aliphatic heterocycles. The Kier molecular flexibility index (Phi) is 6.55. The van der Waals surface area contributed by atoms with Crippen LogP contribution in [0, 0.1) is 6.92 Å². The first kappa shape index (κ1) is 19.0. The van der Waals surface area contributed by atoms with Crippen molar-refractivity contribution in [3.05, 3.63) is 17.6 Å². The second-order valence-corrected chi connectivity index (χ2v) is 6.42. The third kappa shape index (κ3) is 5.58. The van der Waals surface area contributed by atoms with Crippen LogP contribution < -0.4 is 10.6 Å². The van der Waals surface area contributed by atoms with Gasteiger partial charge < -0.3 is 20.3 Å². The number of nitrogens with one attached hydrogen (secondary N) is 2. The fourth-order valence-corrected chi connectivity index (χ4v) is 2.73. The molecule has 1 aromatic rings. The van der Waals surface area contributed by atoms with E-state index in [-0.39, 0.29) is 24.1 Å². The zero-order chi connectivity index (χ0) is 18.4. The normalized spacial score (nSPS) is 15.2. The second kappa shape index (κ2) is 8.64. The number of ether oxygens (including phenoxy) is 1. The van der Waals surface area contributed by atoms with E-state index in [4.69, 9.17) is 4.74 Å². The molecule has 8 nitrogen and oxygen atoms in total. The number of aryl methyl sites for hydroxylation is 1. The predicted octanol–water partition coefficient (Wildman–Crippen LogP) is 1.96. The number of aromatic nitrogens is 2. The monoisotopic (exact) mass is 349 g/mol. The molecule has 138 valence electrons. The summed E-state index contributed by atoms with van der Waals surface area (Å²) in [5.41, 5.74) is 0.350. The van der Waals surface area contributed by atoms with Gasteiger partial charge in [0.1, 0.15) is 17.3 Å². The van der Waals surface area contributed by atoms with Crippen LogP contribution in [-0.2, 0) is 4.74 Å². The van der Waals surface area contributed by atoms with Gasteiger partial charge in [-0.3, -0.25) is 4.79 Å². The minimum absolute atomic E-state index is 0.0231. The van der Waals surface area contributed by atoms with Crippen LogP contribution in [-0.4, -0.2) is 58.6 Å². The number of piperidine rings is 1. The van der Waals surface area contributed by atoms with E-state index >= 15 is 0 Å². The van der Waals surface area contributed by atoms with E-state index in [1.54, 1.807) is 24.8 Å². The molecule has 0 radical (unpaired) electrons. The van der Waals surface area contributed by atoms with Crippen LogP contribution in [0.15, 0.2) is 6.07 Å². The number of amides is 2. The van der Waals surface area contributed by atoms with Crippen LogP contribution in [0.4, 0.5) is 10.6 Å². The predicted molar refractivity (Wildman–Crippen MR) is 94.6 cm³/mol. The van der Waals surface area contributed by atoms with Crippen LogP contribution in [0.5, 0.6) is 0 Å². The Hall–Kier alpha value is -2.38. The van der Waals surface area contributed by atoms with Crippen molar-refractivity contribution in [2.45, 2.75) is 52.6 Å². The Morgan fingerprint density at radius 1 is 1.32 bits per heavy atom. The maximum Gasteiger partial charge on any atom is 0.409 e. The van der Waals surface area contributed by atoms with E-state index in [0.29, 0.717) is 49.9 Å². The molecule has 1 fully saturated rings. The number of carbonyl (C=O) groups is 2. The maximum absolute atomic E-state index is 12.5. The van der Waals surface area contributed by atoms with Gasteiger partial charge in [0.15, 0.2) is 0 Å². The van der Waals surface area contributed by atoms with E-state index in [1.165, 1.54) is 0 Å². The molecule has 1 saturated heterocycles. The van der Waals surface area contributed by atoms with E-state index in [0.717, 1.165) is 0 Å². The number of hydrogen-bond donors (Lipinski definition) is 2. The Balaban J connectivity index is 1.92. The molecular formula is C17H27N5O3. The molecule has 2 rings (SSSR count). The average molecular weight is 349 g/mol. The minimum atomic E-state index is -0.289. The van der Waals surface area contributed by atoms with Crippen molar-refractivity contribution in [2.24, 2.45) is 0 Å². The standard InChI is InChI=1S/C17H27N5O3/c1-5-25-17(24)22-8-6-13(7-9-22)21-16(23)14-10-15(18-11(2)3)20-12(4)19-14/h10-11,13H,5-9H2,1-4H3,(H,21,23)(H,18,19,20). The number of carbonyl (C=O) groups excluding carboxylic acids is 2. The van der Waals surface area contributed by atoms with Crippen LogP contribution >= 0.6 is 0 Å². The molecule has 2 amide bonds. The summed E-state index contributed by atoms with van der Waals surface area (Å²) in [5.74, 6) is 0.976. The van der Waals surface area contributed by atoms with Crippen molar-refractivity contribution in [3.63, 3.8) is 0 Å². The lowest BCUT2D eigenvalue weighted by atomic mass is 10.1. The highest BCUT2D eigenvalue weighted by Crippen LogP contribution is 2.13. The van der Waals surface area contributed by atoms with E-state index in [9.17, 15) is 9.59 Å². The third-order valence-corrected chi connectivity index (χ3v) is 3.86. The molecule has 25 heavy (non-hydrogen) atoms. The van der Waals surface area contributed by atoms with Crippen molar-refractivity contribution in [1.29, 1.82) is 0 Å². The van der Waals surface area contributed by atoms with Gasteiger partial charge >= 0.3 is 6.09 Å². The smallest absolute Gasteiger partial charge is 0.409 e. The molecule has 1 aromatic heterocycles. The number of likely N-dealkylation sites (tertiary alicyclic amines) is 1. The first-order valence-electron chi connectivity index (χ1n) is 8.73. The van der Waals surface area contributed by atoms with E-state index < -0.39 is 0 Å². The Morgan fingerprint density at radius 2 is 2.00 bits per heavy atom. The zero-order valence-corrected chi connectivity index (χ0v) is 15.3. The first-order valence-corrected chi connectivity index (χ1v) is 8.73. The molecular weight excluding hydrogens is 322 g/mol. The Morgan fingerprint density at radius 3 is 2.60 bits per heavy atom. The average Bonchev–Trinajstić information content (AvgIpc) is 2.54. The molecule has 0 saturated carbocycles. The quantitative estimate of drug-likeness (QED) is 0.843. The molecule has 0 unspecified atom stereocenters. The zero-order valence-electron chi connectivity index (χ0n) is 15.3. The SMILES string of the molecule is CCOC(=O)N1CCC(NC(=O)c2cc(NC(C)C)nc(C)n2)CC1. The summed E-state index contributed by atoms with van der Waals surface area (Å²) >= 11 is 0. The summed E-state index contributed by atoms with van der Waals surface area (Å²) in [7, 11) is 0. The van der Waals surface area contributed by atoms with Crippen LogP contribution in [0.3, 0.4) is 0 Å². The van der Waals surface area contributed by atoms with Crippen molar-refractivity contribution < 1.29 is 14.3 Å². The van der Waals surface area contributed by atoms with Gasteiger partial charge in [-0.25, -0.2) is 14.8 Å². The molecule has 0 aliphatic carbocycles. The van der Waals surface area contributed by atoms with Gasteiger partial charge in [0, 0.05) is 31.2 Å². The summed E-state index contributed by atoms with van der Waals surface area (Å²) in [6, 6.07) is 1.91. The third-order valence-electron chi connectivity index (χ3n) is 3.86. The lowest BCUT2D eigenvalue weighted by Crippen LogP contribution is -2.46. The summed E-state index contributed by atoms with van der Waals surface area (Å²) in [6.45, 7) is 9.09. The number of anilines is 1. The Labute approximate surface area is 148 Å². The molecule has 0 spiro atoms. The summed E-state index contributed by atoms with van der Waals surface area (Å²) in [6.07, 6.45) is 1.11. The van der Waals surface area contributed by atoms with Crippen molar-refractivity contribution >= 4 is 17.8 Å². The van der Waals surface area contributed by atoms with Gasteiger partial charge in [0.25, 0.3) is 5.91 Å². The van der Waals surface area contributed by atoms with Crippen molar-refractivity contribution in [1.82, 2.24) is 20.2 Å². The van der Waals surface area contributed by atoms with Crippen LogP contribution in [0.25, 0.3) is 0 Å². The fraction of sp³-hybridized carbons (Fsp3) is 0.647. The lowest BCUT2D eigenvalue weighted by Gasteiger charge is -2.31. The summed E-state index contributed by atoms with van der Waals surface area (Å²) in [4.78, 5) is 34.4. The van der Waals surface area contributed by atoms with Gasteiger partial charge in [0.05, 0.1) is 6.61 Å². The molecule has 0 bridgehead atoms. The number of hydrogen-bond acceptors (Lipinski definition) is 6. The van der Waals surface area contributed by atoms with Crippen LogP contribution in [0.2, 0.25) is 0 Å². The highest BCUT2D eigenvalue weighted by Gasteiger charge is 2.25.